The average Bonchev–Trinajstić information content (AvgIpc) is 2.46. The summed E-state index contributed by atoms with van der Waals surface area (Å²) >= 11 is 5.88. The molecule has 1 saturated carbocycles. The first-order chi connectivity index (χ1) is 10.9. The van der Waals surface area contributed by atoms with Crippen molar-refractivity contribution < 1.29 is 13.9 Å². The van der Waals surface area contributed by atoms with Crippen LogP contribution in [0.1, 0.15) is 58.1 Å². The van der Waals surface area contributed by atoms with Crippen LogP contribution in [-0.2, 0) is 9.47 Å². The molecule has 3 rings (SSSR count). The van der Waals surface area contributed by atoms with Gasteiger partial charge in [0.25, 0.3) is 0 Å². The zero-order chi connectivity index (χ0) is 16.6. The molecule has 23 heavy (non-hydrogen) atoms. The maximum absolute atomic E-state index is 14.3. The van der Waals surface area contributed by atoms with Crippen LogP contribution in [0.3, 0.4) is 0 Å². The quantitative estimate of drug-likeness (QED) is 0.682. The van der Waals surface area contributed by atoms with E-state index in [0.717, 1.165) is 12.8 Å². The van der Waals surface area contributed by atoms with E-state index < -0.39 is 5.79 Å². The van der Waals surface area contributed by atoms with Gasteiger partial charge in [0.15, 0.2) is 5.79 Å². The van der Waals surface area contributed by atoms with Gasteiger partial charge in [-0.3, -0.25) is 0 Å². The minimum atomic E-state index is -0.569. The number of rotatable bonds is 2. The van der Waals surface area contributed by atoms with Crippen molar-refractivity contribution in [1.82, 2.24) is 0 Å². The zero-order valence-electron chi connectivity index (χ0n) is 14.1. The minimum Gasteiger partial charge on any atom is -0.349 e. The number of hydrogen-bond acceptors (Lipinski definition) is 2. The Morgan fingerprint density at radius 2 is 2.04 bits per heavy atom. The van der Waals surface area contributed by atoms with Crippen LogP contribution in [0, 0.1) is 23.6 Å². The van der Waals surface area contributed by atoms with Crippen molar-refractivity contribution >= 4 is 11.6 Å². The number of benzene rings is 1. The van der Waals surface area contributed by atoms with E-state index in [-0.39, 0.29) is 11.9 Å². The molecule has 0 bridgehead atoms. The molecule has 0 unspecified atom stereocenters. The fourth-order valence-corrected chi connectivity index (χ4v) is 4.38. The van der Waals surface area contributed by atoms with E-state index in [9.17, 15) is 4.39 Å². The molecule has 0 N–H and O–H groups in total. The van der Waals surface area contributed by atoms with Crippen LogP contribution in [0.25, 0.3) is 0 Å². The van der Waals surface area contributed by atoms with Crippen LogP contribution in [0.15, 0.2) is 18.2 Å². The summed E-state index contributed by atoms with van der Waals surface area (Å²) in [5, 5.41) is 0.416. The van der Waals surface area contributed by atoms with Crippen molar-refractivity contribution in [2.75, 3.05) is 6.61 Å². The Hall–Kier alpha value is -0.640. The Kier molecular flexibility index (Phi) is 5.01. The monoisotopic (exact) mass is 340 g/mol. The van der Waals surface area contributed by atoms with E-state index in [0.29, 0.717) is 41.4 Å². The van der Waals surface area contributed by atoms with Crippen LogP contribution in [0.5, 0.6) is 0 Å². The van der Waals surface area contributed by atoms with E-state index in [1.165, 1.54) is 12.5 Å². The van der Waals surface area contributed by atoms with Gasteiger partial charge in [0.1, 0.15) is 5.82 Å². The Bertz CT molecular complexity index is 562. The molecule has 0 aromatic heterocycles. The first kappa shape index (κ1) is 17.2. The van der Waals surface area contributed by atoms with Gasteiger partial charge in [-0.1, -0.05) is 44.9 Å². The van der Waals surface area contributed by atoms with Gasteiger partial charge in [0.05, 0.1) is 12.7 Å². The lowest BCUT2D eigenvalue weighted by molar-refractivity contribution is -0.341. The van der Waals surface area contributed by atoms with E-state index in [1.54, 1.807) is 12.1 Å². The van der Waals surface area contributed by atoms with E-state index in [4.69, 9.17) is 21.1 Å². The molecule has 0 radical (unpaired) electrons. The van der Waals surface area contributed by atoms with Crippen molar-refractivity contribution in [3.63, 3.8) is 0 Å². The summed E-state index contributed by atoms with van der Waals surface area (Å²) in [5.41, 5.74) is 0.595. The summed E-state index contributed by atoms with van der Waals surface area (Å²) in [6.07, 6.45) is 3.63. The summed E-state index contributed by atoms with van der Waals surface area (Å²) in [6, 6.07) is 4.85. The lowest BCUT2D eigenvalue weighted by atomic mass is 9.72. The molecule has 1 aromatic carbocycles. The fraction of sp³-hybridized carbons (Fsp3) is 0.684. The molecule has 2 aliphatic rings. The Labute approximate surface area is 143 Å². The zero-order valence-corrected chi connectivity index (χ0v) is 14.9. The van der Waals surface area contributed by atoms with Crippen molar-refractivity contribution in [2.24, 2.45) is 17.8 Å². The van der Waals surface area contributed by atoms with Crippen molar-refractivity contribution in [3.8, 4) is 0 Å². The molecular weight excluding hydrogens is 315 g/mol. The van der Waals surface area contributed by atoms with Crippen LogP contribution >= 0.6 is 11.6 Å². The van der Waals surface area contributed by atoms with Gasteiger partial charge >= 0.3 is 0 Å². The second-order valence-corrected chi connectivity index (χ2v) is 7.89. The molecule has 1 aromatic rings. The molecule has 4 atom stereocenters. The second-order valence-electron chi connectivity index (χ2n) is 7.46. The van der Waals surface area contributed by atoms with Crippen LogP contribution < -0.4 is 0 Å². The standard InChI is InChI=1S/C19H26ClFO2/c1-12(2)16-7-4-13(3)11-19(16)22-9-8-18(23-19)15-6-5-14(20)10-17(15)21/h5-6,10,12-13,16,18H,4,7-9,11H2,1-3H3/t13-,16+,18+,19+/m1/s1. The highest BCUT2D eigenvalue weighted by atomic mass is 35.5. The summed E-state index contributed by atoms with van der Waals surface area (Å²) in [6.45, 7) is 7.31. The lowest BCUT2D eigenvalue weighted by Crippen LogP contribution is -2.53. The molecule has 0 amide bonds. The maximum atomic E-state index is 14.3. The third-order valence-electron chi connectivity index (χ3n) is 5.35. The van der Waals surface area contributed by atoms with E-state index in [1.807, 2.05) is 0 Å². The third-order valence-corrected chi connectivity index (χ3v) is 5.59. The summed E-state index contributed by atoms with van der Waals surface area (Å²) < 4.78 is 27.0. The molecule has 2 fully saturated rings. The molecule has 1 aliphatic heterocycles. The molecule has 1 spiro atoms. The van der Waals surface area contributed by atoms with Gasteiger partial charge < -0.3 is 9.47 Å². The molecular formula is C19H26ClFO2. The second kappa shape index (κ2) is 6.70. The summed E-state index contributed by atoms with van der Waals surface area (Å²) in [5.74, 6) is 0.553. The number of ether oxygens (including phenoxy) is 2. The lowest BCUT2D eigenvalue weighted by Gasteiger charge is -2.51. The largest absolute Gasteiger partial charge is 0.349 e. The van der Waals surface area contributed by atoms with E-state index in [2.05, 4.69) is 20.8 Å². The van der Waals surface area contributed by atoms with Crippen molar-refractivity contribution in [3.05, 3.63) is 34.6 Å². The smallest absolute Gasteiger partial charge is 0.172 e. The first-order valence-corrected chi connectivity index (χ1v) is 9.06. The Morgan fingerprint density at radius 1 is 1.26 bits per heavy atom. The summed E-state index contributed by atoms with van der Waals surface area (Å²) in [7, 11) is 0. The van der Waals surface area contributed by atoms with Crippen molar-refractivity contribution in [2.45, 2.75) is 58.3 Å². The average molecular weight is 341 g/mol. The van der Waals surface area contributed by atoms with Crippen LogP contribution in [0.2, 0.25) is 5.02 Å². The molecule has 2 nitrogen and oxygen atoms in total. The molecule has 128 valence electrons. The Morgan fingerprint density at radius 3 is 2.74 bits per heavy atom. The first-order valence-electron chi connectivity index (χ1n) is 8.68. The van der Waals surface area contributed by atoms with Crippen LogP contribution in [-0.4, -0.2) is 12.4 Å². The van der Waals surface area contributed by atoms with Crippen molar-refractivity contribution in [1.29, 1.82) is 0 Å². The van der Waals surface area contributed by atoms with Gasteiger partial charge in [-0.15, -0.1) is 0 Å². The summed E-state index contributed by atoms with van der Waals surface area (Å²) in [4.78, 5) is 0. The van der Waals surface area contributed by atoms with Gasteiger partial charge in [-0.05, 0) is 30.4 Å². The fourth-order valence-electron chi connectivity index (χ4n) is 4.22. The molecule has 1 aliphatic carbocycles. The molecule has 1 heterocycles. The minimum absolute atomic E-state index is 0.257. The highest BCUT2D eigenvalue weighted by Gasteiger charge is 2.50. The normalized spacial score (nSPS) is 35.0. The molecule has 4 heteroatoms. The predicted octanol–water partition coefficient (Wildman–Crippen LogP) is 5.75. The highest BCUT2D eigenvalue weighted by molar-refractivity contribution is 6.30. The van der Waals surface area contributed by atoms with Gasteiger partial charge in [0, 0.05) is 29.3 Å². The third kappa shape index (κ3) is 3.42. The highest BCUT2D eigenvalue weighted by Crippen LogP contribution is 2.49. The molecule has 1 saturated heterocycles. The topological polar surface area (TPSA) is 18.5 Å². The maximum Gasteiger partial charge on any atom is 0.172 e. The van der Waals surface area contributed by atoms with Gasteiger partial charge in [-0.25, -0.2) is 4.39 Å². The predicted molar refractivity (Wildman–Crippen MR) is 89.9 cm³/mol. The Balaban J connectivity index is 1.88. The van der Waals surface area contributed by atoms with Gasteiger partial charge in [0.2, 0.25) is 0 Å². The van der Waals surface area contributed by atoms with Gasteiger partial charge in [-0.2, -0.15) is 0 Å². The SMILES string of the molecule is CC(C)[C@@H]1CC[C@@H](C)C[C@@]12OCC[C@@H](c1ccc(Cl)cc1F)O2. The van der Waals surface area contributed by atoms with E-state index >= 15 is 0 Å². The van der Waals surface area contributed by atoms with Crippen LogP contribution in [0.4, 0.5) is 4.39 Å². The number of halogens is 2. The number of hydrogen-bond donors (Lipinski definition) is 0.